The number of amides is 2. The first kappa shape index (κ1) is 18.8. The van der Waals surface area contributed by atoms with Crippen LogP contribution >= 0.6 is 0 Å². The SMILES string of the molecule is O=C(CN1CCC(C(=O)NC2CCCCC2)CC1)Nc1ccc(F)cc1. The number of rotatable bonds is 5. The number of anilines is 1. The van der Waals surface area contributed by atoms with Crippen molar-refractivity contribution in [3.63, 3.8) is 0 Å². The average molecular weight is 361 g/mol. The number of piperidine rings is 1. The van der Waals surface area contributed by atoms with E-state index in [9.17, 15) is 14.0 Å². The molecule has 5 nitrogen and oxygen atoms in total. The molecule has 0 aromatic heterocycles. The third-order valence-electron chi connectivity index (χ3n) is 5.41. The Labute approximate surface area is 154 Å². The summed E-state index contributed by atoms with van der Waals surface area (Å²) in [6.07, 6.45) is 7.51. The van der Waals surface area contributed by atoms with Gasteiger partial charge < -0.3 is 10.6 Å². The Morgan fingerprint density at radius 1 is 1.00 bits per heavy atom. The van der Waals surface area contributed by atoms with Crippen LogP contribution in [0.15, 0.2) is 24.3 Å². The van der Waals surface area contributed by atoms with E-state index in [1.54, 1.807) is 12.1 Å². The molecule has 1 aromatic rings. The second kappa shape index (κ2) is 9.12. The molecule has 6 heteroatoms. The highest BCUT2D eigenvalue weighted by atomic mass is 19.1. The Morgan fingerprint density at radius 2 is 1.65 bits per heavy atom. The van der Waals surface area contributed by atoms with Crippen LogP contribution in [0.25, 0.3) is 0 Å². The Kier molecular flexibility index (Phi) is 6.61. The van der Waals surface area contributed by atoms with Gasteiger partial charge in [-0.15, -0.1) is 0 Å². The normalized spacial score (nSPS) is 19.9. The van der Waals surface area contributed by atoms with Crippen molar-refractivity contribution >= 4 is 17.5 Å². The van der Waals surface area contributed by atoms with Gasteiger partial charge in [-0.2, -0.15) is 0 Å². The summed E-state index contributed by atoms with van der Waals surface area (Å²) in [4.78, 5) is 26.6. The first-order valence-corrected chi connectivity index (χ1v) is 9.68. The van der Waals surface area contributed by atoms with Gasteiger partial charge in [-0.1, -0.05) is 19.3 Å². The van der Waals surface area contributed by atoms with Crippen LogP contribution < -0.4 is 10.6 Å². The van der Waals surface area contributed by atoms with Gasteiger partial charge in [0.05, 0.1) is 6.54 Å². The van der Waals surface area contributed by atoms with E-state index in [0.29, 0.717) is 18.3 Å². The molecule has 1 aliphatic carbocycles. The van der Waals surface area contributed by atoms with Crippen LogP contribution in [0.1, 0.15) is 44.9 Å². The van der Waals surface area contributed by atoms with Crippen LogP contribution in [0, 0.1) is 11.7 Å². The number of benzene rings is 1. The monoisotopic (exact) mass is 361 g/mol. The van der Waals surface area contributed by atoms with E-state index in [1.807, 2.05) is 0 Å². The largest absolute Gasteiger partial charge is 0.353 e. The molecule has 2 fully saturated rings. The van der Waals surface area contributed by atoms with Crippen LogP contribution in [-0.2, 0) is 9.59 Å². The van der Waals surface area contributed by atoms with Crippen LogP contribution in [0.2, 0.25) is 0 Å². The van der Waals surface area contributed by atoms with Crippen LogP contribution in [0.3, 0.4) is 0 Å². The van der Waals surface area contributed by atoms with Crippen molar-refractivity contribution in [1.82, 2.24) is 10.2 Å². The number of hydrogen-bond donors (Lipinski definition) is 2. The summed E-state index contributed by atoms with van der Waals surface area (Å²) >= 11 is 0. The highest BCUT2D eigenvalue weighted by Crippen LogP contribution is 2.21. The van der Waals surface area contributed by atoms with Crippen molar-refractivity contribution in [2.75, 3.05) is 25.0 Å². The molecule has 1 saturated carbocycles. The second-order valence-electron chi connectivity index (χ2n) is 7.45. The molecule has 0 radical (unpaired) electrons. The second-order valence-corrected chi connectivity index (χ2v) is 7.45. The zero-order valence-corrected chi connectivity index (χ0v) is 15.2. The van der Waals surface area contributed by atoms with Gasteiger partial charge >= 0.3 is 0 Å². The minimum absolute atomic E-state index is 0.0633. The molecule has 1 saturated heterocycles. The van der Waals surface area contributed by atoms with Gasteiger partial charge in [-0.3, -0.25) is 14.5 Å². The average Bonchev–Trinajstić information content (AvgIpc) is 2.65. The van der Waals surface area contributed by atoms with Crippen molar-refractivity contribution in [3.05, 3.63) is 30.1 Å². The lowest BCUT2D eigenvalue weighted by Crippen LogP contribution is -2.45. The van der Waals surface area contributed by atoms with Crippen molar-refractivity contribution in [1.29, 1.82) is 0 Å². The van der Waals surface area contributed by atoms with Gasteiger partial charge in [0, 0.05) is 17.6 Å². The Balaban J connectivity index is 1.38. The van der Waals surface area contributed by atoms with Gasteiger partial charge in [0.15, 0.2) is 0 Å². The van der Waals surface area contributed by atoms with Crippen molar-refractivity contribution in [2.24, 2.45) is 5.92 Å². The summed E-state index contributed by atoms with van der Waals surface area (Å²) < 4.78 is 12.9. The van der Waals surface area contributed by atoms with Crippen LogP contribution in [0.4, 0.5) is 10.1 Å². The molecule has 0 bridgehead atoms. The molecule has 1 aromatic carbocycles. The Bertz CT molecular complexity index is 606. The smallest absolute Gasteiger partial charge is 0.238 e. The standard InChI is InChI=1S/C20H28FN3O2/c21-16-6-8-18(9-7-16)22-19(25)14-24-12-10-15(11-13-24)20(26)23-17-4-2-1-3-5-17/h6-9,15,17H,1-5,10-14H2,(H,22,25)(H,23,26). The fourth-order valence-corrected chi connectivity index (χ4v) is 3.86. The number of nitrogens with zero attached hydrogens (tertiary/aromatic N) is 1. The fourth-order valence-electron chi connectivity index (χ4n) is 3.86. The van der Waals surface area contributed by atoms with E-state index in [1.165, 1.54) is 31.4 Å². The van der Waals surface area contributed by atoms with Gasteiger partial charge in [-0.05, 0) is 63.0 Å². The molecule has 142 valence electrons. The first-order chi connectivity index (χ1) is 12.6. The maximum Gasteiger partial charge on any atom is 0.238 e. The zero-order chi connectivity index (χ0) is 18.4. The summed E-state index contributed by atoms with van der Waals surface area (Å²) in [6.45, 7) is 1.80. The van der Waals surface area contributed by atoms with Crippen molar-refractivity contribution in [2.45, 2.75) is 51.0 Å². The third-order valence-corrected chi connectivity index (χ3v) is 5.41. The molecule has 3 rings (SSSR count). The molecule has 1 heterocycles. The fraction of sp³-hybridized carbons (Fsp3) is 0.600. The Morgan fingerprint density at radius 3 is 2.31 bits per heavy atom. The minimum Gasteiger partial charge on any atom is -0.353 e. The van der Waals surface area contributed by atoms with E-state index in [2.05, 4.69) is 15.5 Å². The first-order valence-electron chi connectivity index (χ1n) is 9.68. The van der Waals surface area contributed by atoms with E-state index < -0.39 is 0 Å². The number of likely N-dealkylation sites (tertiary alicyclic amines) is 1. The van der Waals surface area contributed by atoms with Gasteiger partial charge in [0.25, 0.3) is 0 Å². The number of carbonyl (C=O) groups is 2. The molecule has 0 atom stereocenters. The number of nitrogens with one attached hydrogen (secondary N) is 2. The summed E-state index contributed by atoms with van der Waals surface area (Å²) in [6, 6.07) is 6.11. The molecule has 0 spiro atoms. The predicted octanol–water partition coefficient (Wildman–Crippen LogP) is 2.93. The lowest BCUT2D eigenvalue weighted by Gasteiger charge is -2.32. The maximum atomic E-state index is 12.9. The van der Waals surface area contributed by atoms with Gasteiger partial charge in [0.1, 0.15) is 5.82 Å². The lowest BCUT2D eigenvalue weighted by molar-refractivity contribution is -0.127. The number of hydrogen-bond acceptors (Lipinski definition) is 3. The van der Waals surface area contributed by atoms with Gasteiger partial charge in [0.2, 0.25) is 11.8 Å². The van der Waals surface area contributed by atoms with E-state index in [4.69, 9.17) is 0 Å². The summed E-state index contributed by atoms with van der Waals surface area (Å²) in [5.74, 6) is -0.182. The molecule has 0 unspecified atom stereocenters. The van der Waals surface area contributed by atoms with E-state index in [0.717, 1.165) is 38.8 Å². The lowest BCUT2D eigenvalue weighted by atomic mass is 9.92. The van der Waals surface area contributed by atoms with E-state index >= 15 is 0 Å². The summed E-state index contributed by atoms with van der Waals surface area (Å²) in [5, 5.41) is 5.99. The molecule has 26 heavy (non-hydrogen) atoms. The molecule has 2 aliphatic rings. The third kappa shape index (κ3) is 5.53. The molecule has 2 N–H and O–H groups in total. The van der Waals surface area contributed by atoms with Crippen LogP contribution in [-0.4, -0.2) is 42.4 Å². The topological polar surface area (TPSA) is 61.4 Å². The number of halogens is 1. The highest BCUT2D eigenvalue weighted by molar-refractivity contribution is 5.92. The highest BCUT2D eigenvalue weighted by Gasteiger charge is 2.27. The Hall–Kier alpha value is -1.95. The summed E-state index contributed by atoms with van der Waals surface area (Å²) in [5.41, 5.74) is 0.596. The number of carbonyl (C=O) groups excluding carboxylic acids is 2. The van der Waals surface area contributed by atoms with Crippen molar-refractivity contribution < 1.29 is 14.0 Å². The maximum absolute atomic E-state index is 12.9. The minimum atomic E-state index is -0.323. The predicted molar refractivity (Wildman–Crippen MR) is 99.2 cm³/mol. The van der Waals surface area contributed by atoms with E-state index in [-0.39, 0.29) is 23.5 Å². The quantitative estimate of drug-likeness (QED) is 0.848. The zero-order valence-electron chi connectivity index (χ0n) is 15.2. The molecule has 1 aliphatic heterocycles. The molecule has 2 amide bonds. The van der Waals surface area contributed by atoms with Crippen LogP contribution in [0.5, 0.6) is 0 Å². The van der Waals surface area contributed by atoms with Crippen molar-refractivity contribution in [3.8, 4) is 0 Å². The molecular weight excluding hydrogens is 333 g/mol. The molecular formula is C20H28FN3O2. The van der Waals surface area contributed by atoms with Gasteiger partial charge in [-0.25, -0.2) is 4.39 Å². The summed E-state index contributed by atoms with van der Waals surface area (Å²) in [7, 11) is 0.